The number of para-hydroxylation sites is 1. The summed E-state index contributed by atoms with van der Waals surface area (Å²) in [5, 5.41) is 9.14. The number of nitriles is 1. The van der Waals surface area contributed by atoms with Gasteiger partial charge in [0.15, 0.2) is 6.10 Å². The fourth-order valence-electron chi connectivity index (χ4n) is 2.64. The van der Waals surface area contributed by atoms with Crippen molar-refractivity contribution in [2.45, 2.75) is 26.4 Å². The van der Waals surface area contributed by atoms with Crippen LogP contribution in [0.1, 0.15) is 25.8 Å². The second kappa shape index (κ2) is 7.14. The molecule has 0 aromatic heterocycles. The molecular weight excluding hydrogens is 294 g/mol. The number of hydrogen-bond acceptors (Lipinski definition) is 4. The summed E-state index contributed by atoms with van der Waals surface area (Å²) in [5.41, 5.74) is 5.70. The highest BCUT2D eigenvalue weighted by atomic mass is 16.5. The lowest BCUT2D eigenvalue weighted by Gasteiger charge is -2.27. The van der Waals surface area contributed by atoms with Gasteiger partial charge >= 0.3 is 0 Å². The molecule has 1 saturated heterocycles. The highest BCUT2D eigenvalue weighted by Gasteiger charge is 2.35. The van der Waals surface area contributed by atoms with Gasteiger partial charge in [-0.05, 0) is 24.5 Å². The molecule has 2 N–H and O–H groups in total. The number of carbonyl (C=O) groups is 2. The van der Waals surface area contributed by atoms with E-state index in [0.29, 0.717) is 30.8 Å². The van der Waals surface area contributed by atoms with Crippen LogP contribution in [0.15, 0.2) is 24.3 Å². The number of rotatable bonds is 5. The van der Waals surface area contributed by atoms with Crippen molar-refractivity contribution < 1.29 is 14.3 Å². The summed E-state index contributed by atoms with van der Waals surface area (Å²) in [4.78, 5) is 25.6. The largest absolute Gasteiger partial charge is 0.479 e. The highest BCUT2D eigenvalue weighted by Crippen LogP contribution is 2.24. The molecule has 0 saturated carbocycles. The van der Waals surface area contributed by atoms with Gasteiger partial charge < -0.3 is 15.4 Å². The third-order valence-electron chi connectivity index (χ3n) is 4.01. The summed E-state index contributed by atoms with van der Waals surface area (Å²) in [6, 6.07) is 8.89. The van der Waals surface area contributed by atoms with E-state index in [0.717, 1.165) is 0 Å². The highest BCUT2D eigenvalue weighted by molar-refractivity contribution is 5.84. The van der Waals surface area contributed by atoms with Crippen LogP contribution in [0.5, 0.6) is 5.75 Å². The molecule has 2 atom stereocenters. The lowest BCUT2D eigenvalue weighted by molar-refractivity contribution is -0.139. The first-order chi connectivity index (χ1) is 10.9. The average Bonchev–Trinajstić information content (AvgIpc) is 3.02. The maximum absolute atomic E-state index is 12.7. The van der Waals surface area contributed by atoms with Crippen molar-refractivity contribution in [2.75, 3.05) is 13.1 Å². The zero-order valence-corrected chi connectivity index (χ0v) is 13.4. The second-order valence-electron chi connectivity index (χ2n) is 6.06. The van der Waals surface area contributed by atoms with Gasteiger partial charge in [0.2, 0.25) is 5.91 Å². The van der Waals surface area contributed by atoms with Gasteiger partial charge in [-0.3, -0.25) is 9.59 Å². The Kier molecular flexibility index (Phi) is 5.22. The van der Waals surface area contributed by atoms with E-state index in [1.165, 1.54) is 0 Å². The third kappa shape index (κ3) is 3.81. The minimum Gasteiger partial charge on any atom is -0.479 e. The van der Waals surface area contributed by atoms with Crippen LogP contribution < -0.4 is 10.5 Å². The maximum Gasteiger partial charge on any atom is 0.263 e. The van der Waals surface area contributed by atoms with Gasteiger partial charge in [-0.2, -0.15) is 5.26 Å². The van der Waals surface area contributed by atoms with Crippen molar-refractivity contribution in [1.82, 2.24) is 4.90 Å². The molecule has 1 heterocycles. The Morgan fingerprint density at radius 2 is 2.09 bits per heavy atom. The molecule has 2 amide bonds. The molecule has 122 valence electrons. The fraction of sp³-hybridized carbons (Fsp3) is 0.471. The van der Waals surface area contributed by atoms with Gasteiger partial charge in [-0.25, -0.2) is 0 Å². The first kappa shape index (κ1) is 16.8. The predicted molar refractivity (Wildman–Crippen MR) is 84.3 cm³/mol. The lowest BCUT2D eigenvalue weighted by atomic mass is 10.1. The zero-order chi connectivity index (χ0) is 17.0. The number of amides is 2. The van der Waals surface area contributed by atoms with E-state index in [1.54, 1.807) is 29.2 Å². The Morgan fingerprint density at radius 3 is 2.65 bits per heavy atom. The van der Waals surface area contributed by atoms with Crippen LogP contribution in [-0.4, -0.2) is 35.9 Å². The normalized spacial score (nSPS) is 18.5. The quantitative estimate of drug-likeness (QED) is 0.885. The monoisotopic (exact) mass is 315 g/mol. The second-order valence-corrected chi connectivity index (χ2v) is 6.06. The molecule has 0 aliphatic carbocycles. The number of likely N-dealkylation sites (tertiary alicyclic amines) is 1. The number of primary amides is 1. The Morgan fingerprint density at radius 1 is 1.39 bits per heavy atom. The van der Waals surface area contributed by atoms with Crippen molar-refractivity contribution in [1.29, 1.82) is 5.26 Å². The van der Waals surface area contributed by atoms with Crippen molar-refractivity contribution in [3.05, 3.63) is 29.8 Å². The van der Waals surface area contributed by atoms with E-state index in [2.05, 4.69) is 6.07 Å². The lowest BCUT2D eigenvalue weighted by Crippen LogP contribution is -2.44. The summed E-state index contributed by atoms with van der Waals surface area (Å²) < 4.78 is 5.84. The summed E-state index contributed by atoms with van der Waals surface area (Å²) in [5.74, 6) is -0.513. The molecule has 6 nitrogen and oxygen atoms in total. The molecule has 0 radical (unpaired) electrons. The number of hydrogen-bond donors (Lipinski definition) is 1. The van der Waals surface area contributed by atoms with Crippen LogP contribution in [0.3, 0.4) is 0 Å². The Hall–Kier alpha value is -2.55. The van der Waals surface area contributed by atoms with E-state index in [4.69, 9.17) is 15.7 Å². The van der Waals surface area contributed by atoms with Gasteiger partial charge in [0.1, 0.15) is 11.8 Å². The number of nitrogens with zero attached hydrogens (tertiary/aromatic N) is 2. The molecule has 1 aromatic carbocycles. The SMILES string of the molecule is CC(C)[C@H](Oc1ccccc1C#N)C(=O)N1CC[C@H](C(N)=O)C1. The zero-order valence-electron chi connectivity index (χ0n) is 13.4. The molecule has 23 heavy (non-hydrogen) atoms. The molecule has 0 bridgehead atoms. The first-order valence-electron chi connectivity index (χ1n) is 7.68. The Balaban J connectivity index is 2.14. The molecule has 6 heteroatoms. The van der Waals surface area contributed by atoms with E-state index >= 15 is 0 Å². The van der Waals surface area contributed by atoms with Crippen LogP contribution in [0, 0.1) is 23.2 Å². The standard InChI is InChI=1S/C17H21N3O3/c1-11(2)15(23-14-6-4-3-5-12(14)9-18)17(22)20-8-7-13(10-20)16(19)21/h3-6,11,13,15H,7-8,10H2,1-2H3,(H2,19,21)/t13-,15-/m0/s1. The summed E-state index contributed by atoms with van der Waals surface area (Å²) in [6.07, 6.45) is -0.114. The van der Waals surface area contributed by atoms with Crippen LogP contribution in [0.4, 0.5) is 0 Å². The maximum atomic E-state index is 12.7. The summed E-state index contributed by atoms with van der Waals surface area (Å²) in [6.45, 7) is 4.61. The smallest absolute Gasteiger partial charge is 0.263 e. The molecule has 1 aliphatic rings. The average molecular weight is 315 g/mol. The molecule has 0 spiro atoms. The van der Waals surface area contributed by atoms with Gasteiger partial charge in [0, 0.05) is 13.1 Å². The minimum absolute atomic E-state index is 0.0677. The van der Waals surface area contributed by atoms with Crippen molar-refractivity contribution in [2.24, 2.45) is 17.6 Å². The van der Waals surface area contributed by atoms with Gasteiger partial charge in [0.25, 0.3) is 5.91 Å². The Labute approximate surface area is 135 Å². The van der Waals surface area contributed by atoms with Crippen LogP contribution >= 0.6 is 0 Å². The molecular formula is C17H21N3O3. The summed E-state index contributed by atoms with van der Waals surface area (Å²) in [7, 11) is 0. The van der Waals surface area contributed by atoms with Crippen LogP contribution in [0.2, 0.25) is 0 Å². The van der Waals surface area contributed by atoms with Crippen LogP contribution in [-0.2, 0) is 9.59 Å². The Bertz CT molecular complexity index is 636. The molecule has 1 aromatic rings. The molecule has 0 unspecified atom stereocenters. The molecule has 2 rings (SSSR count). The minimum atomic E-state index is -0.698. The number of benzene rings is 1. The first-order valence-corrected chi connectivity index (χ1v) is 7.68. The van der Waals surface area contributed by atoms with E-state index in [1.807, 2.05) is 13.8 Å². The fourth-order valence-corrected chi connectivity index (χ4v) is 2.64. The molecule has 1 fully saturated rings. The molecule has 1 aliphatic heterocycles. The third-order valence-corrected chi connectivity index (χ3v) is 4.01. The van der Waals surface area contributed by atoms with E-state index in [9.17, 15) is 9.59 Å². The van der Waals surface area contributed by atoms with E-state index in [-0.39, 0.29) is 23.7 Å². The predicted octanol–water partition coefficient (Wildman–Crippen LogP) is 1.30. The van der Waals surface area contributed by atoms with Gasteiger partial charge in [-0.15, -0.1) is 0 Å². The van der Waals surface area contributed by atoms with Gasteiger partial charge in [-0.1, -0.05) is 26.0 Å². The number of carbonyl (C=O) groups excluding carboxylic acids is 2. The van der Waals surface area contributed by atoms with Crippen molar-refractivity contribution in [3.8, 4) is 11.8 Å². The van der Waals surface area contributed by atoms with Crippen LogP contribution in [0.25, 0.3) is 0 Å². The van der Waals surface area contributed by atoms with Gasteiger partial charge in [0.05, 0.1) is 11.5 Å². The summed E-state index contributed by atoms with van der Waals surface area (Å²) >= 11 is 0. The topological polar surface area (TPSA) is 96.4 Å². The number of ether oxygens (including phenoxy) is 1. The van der Waals surface area contributed by atoms with Crippen molar-refractivity contribution in [3.63, 3.8) is 0 Å². The number of nitrogens with two attached hydrogens (primary N) is 1. The van der Waals surface area contributed by atoms with Crippen molar-refractivity contribution >= 4 is 11.8 Å². The van der Waals surface area contributed by atoms with E-state index < -0.39 is 6.10 Å².